The van der Waals surface area contributed by atoms with Crippen LogP contribution in [0, 0.1) is 0 Å². The van der Waals surface area contributed by atoms with Crippen molar-refractivity contribution in [1.82, 2.24) is 15.1 Å². The van der Waals surface area contributed by atoms with Crippen molar-refractivity contribution in [2.75, 3.05) is 13.1 Å². The number of hydrogen-bond donors (Lipinski definition) is 5. The minimum absolute atomic E-state index is 0.0196. The summed E-state index contributed by atoms with van der Waals surface area (Å²) in [7, 11) is 0. The van der Waals surface area contributed by atoms with Gasteiger partial charge < -0.3 is 37.4 Å². The van der Waals surface area contributed by atoms with Gasteiger partial charge in [-0.2, -0.15) is 0 Å². The van der Waals surface area contributed by atoms with Crippen LogP contribution in [0.5, 0.6) is 0 Å². The maximum absolute atomic E-state index is 13.3. The Bertz CT molecular complexity index is 804. The number of primary amides is 2. The third-order valence-electron chi connectivity index (χ3n) is 5.97. The van der Waals surface area contributed by atoms with Crippen LogP contribution in [0.2, 0.25) is 0 Å². The van der Waals surface area contributed by atoms with Crippen molar-refractivity contribution in [3.63, 3.8) is 0 Å². The first kappa shape index (κ1) is 26.0. The molecule has 0 aromatic heterocycles. The first-order valence-corrected chi connectivity index (χ1v) is 11.0. The molecule has 2 rings (SSSR count). The fraction of sp³-hybridized carbons (Fsp3) is 0.700. The smallest absolute Gasteiger partial charge is 0.326 e. The van der Waals surface area contributed by atoms with E-state index in [1.807, 2.05) is 0 Å². The molecule has 0 spiro atoms. The standard InChI is InChI=1S/C20H32N6O7/c21-11(5-7-15(22)27)17(29)24-12(6-8-16(23)28)18(30)25-9-1-3-13(25)19(31)26-10-2-4-14(26)20(32)33/h11-14H,1-10,21H2,(H2,22,27)(H2,23,28)(H,24,29)(H,32,33). The van der Waals surface area contributed by atoms with E-state index >= 15 is 0 Å². The summed E-state index contributed by atoms with van der Waals surface area (Å²) in [4.78, 5) is 75.1. The van der Waals surface area contributed by atoms with Crippen molar-refractivity contribution >= 4 is 35.5 Å². The molecule has 2 aliphatic heterocycles. The zero-order valence-electron chi connectivity index (χ0n) is 18.4. The van der Waals surface area contributed by atoms with Gasteiger partial charge in [-0.3, -0.25) is 24.0 Å². The topological polar surface area (TPSA) is 219 Å². The monoisotopic (exact) mass is 468 g/mol. The third kappa shape index (κ3) is 6.88. The van der Waals surface area contributed by atoms with Gasteiger partial charge in [0.1, 0.15) is 18.1 Å². The van der Waals surface area contributed by atoms with Crippen LogP contribution in [-0.4, -0.2) is 87.7 Å². The molecule has 0 saturated carbocycles. The largest absolute Gasteiger partial charge is 0.480 e. The lowest BCUT2D eigenvalue weighted by Gasteiger charge is -2.32. The van der Waals surface area contributed by atoms with E-state index in [0.29, 0.717) is 32.2 Å². The molecule has 13 heteroatoms. The second-order valence-corrected chi connectivity index (χ2v) is 8.40. The summed E-state index contributed by atoms with van der Waals surface area (Å²) in [6.07, 6.45) is 1.39. The molecule has 0 radical (unpaired) electrons. The van der Waals surface area contributed by atoms with E-state index in [0.717, 1.165) is 0 Å². The van der Waals surface area contributed by atoms with Gasteiger partial charge in [-0.1, -0.05) is 0 Å². The predicted octanol–water partition coefficient (Wildman–Crippen LogP) is -2.60. The summed E-state index contributed by atoms with van der Waals surface area (Å²) in [6, 6.07) is -4.04. The van der Waals surface area contributed by atoms with Crippen LogP contribution in [0.15, 0.2) is 0 Å². The number of aliphatic carboxylic acids is 1. The fourth-order valence-electron chi connectivity index (χ4n) is 4.22. The number of carboxylic acid groups (broad SMARTS) is 1. The van der Waals surface area contributed by atoms with Crippen molar-refractivity contribution in [2.24, 2.45) is 17.2 Å². The Morgan fingerprint density at radius 1 is 0.879 bits per heavy atom. The summed E-state index contributed by atoms with van der Waals surface area (Å²) in [5.41, 5.74) is 16.0. The highest BCUT2D eigenvalue weighted by Gasteiger charge is 2.43. The molecule has 0 bridgehead atoms. The molecule has 5 amide bonds. The highest BCUT2D eigenvalue weighted by molar-refractivity contribution is 5.95. The normalized spacial score (nSPS) is 22.0. The molecule has 0 aromatic rings. The molecule has 2 aliphatic rings. The summed E-state index contributed by atoms with van der Waals surface area (Å²) in [6.45, 7) is 0.544. The minimum Gasteiger partial charge on any atom is -0.480 e. The fourth-order valence-corrected chi connectivity index (χ4v) is 4.22. The second-order valence-electron chi connectivity index (χ2n) is 8.40. The van der Waals surface area contributed by atoms with Gasteiger partial charge >= 0.3 is 5.97 Å². The van der Waals surface area contributed by atoms with Gasteiger partial charge in [0.15, 0.2) is 0 Å². The van der Waals surface area contributed by atoms with Crippen molar-refractivity contribution in [1.29, 1.82) is 0 Å². The average molecular weight is 469 g/mol. The Kier molecular flexibility index (Phi) is 9.14. The third-order valence-corrected chi connectivity index (χ3v) is 5.97. The SMILES string of the molecule is NC(=O)CCC(N)C(=O)NC(CCC(N)=O)C(=O)N1CCCC1C(=O)N1CCCC1C(=O)O. The second kappa shape index (κ2) is 11.6. The number of nitrogens with one attached hydrogen (secondary N) is 1. The lowest BCUT2D eigenvalue weighted by Crippen LogP contribution is -2.57. The maximum atomic E-state index is 13.3. The highest BCUT2D eigenvalue weighted by Crippen LogP contribution is 2.26. The molecular formula is C20H32N6O7. The van der Waals surface area contributed by atoms with Crippen molar-refractivity contribution in [3.8, 4) is 0 Å². The van der Waals surface area contributed by atoms with E-state index in [1.54, 1.807) is 0 Å². The summed E-state index contributed by atoms with van der Waals surface area (Å²) in [5, 5.41) is 11.9. The molecule has 2 heterocycles. The van der Waals surface area contributed by atoms with Crippen molar-refractivity contribution in [2.45, 2.75) is 75.5 Å². The molecule has 2 fully saturated rings. The lowest BCUT2D eigenvalue weighted by atomic mass is 10.1. The number of nitrogens with two attached hydrogens (primary N) is 3. The average Bonchev–Trinajstić information content (AvgIpc) is 3.43. The molecule has 4 unspecified atom stereocenters. The van der Waals surface area contributed by atoms with Crippen molar-refractivity contribution in [3.05, 3.63) is 0 Å². The molecule has 2 saturated heterocycles. The van der Waals surface area contributed by atoms with Crippen LogP contribution in [0.4, 0.5) is 0 Å². The van der Waals surface area contributed by atoms with E-state index in [-0.39, 0.29) is 32.2 Å². The van der Waals surface area contributed by atoms with E-state index in [4.69, 9.17) is 17.2 Å². The van der Waals surface area contributed by atoms with E-state index in [9.17, 15) is 33.9 Å². The Labute approximate surface area is 191 Å². The van der Waals surface area contributed by atoms with Crippen LogP contribution in [-0.2, 0) is 28.8 Å². The Morgan fingerprint density at radius 2 is 1.42 bits per heavy atom. The van der Waals surface area contributed by atoms with Crippen LogP contribution < -0.4 is 22.5 Å². The number of rotatable bonds is 11. The molecule has 4 atom stereocenters. The molecule has 0 aromatic carbocycles. The zero-order valence-corrected chi connectivity index (χ0v) is 18.4. The number of likely N-dealkylation sites (tertiary alicyclic amines) is 2. The van der Waals surface area contributed by atoms with Gasteiger partial charge in [-0.15, -0.1) is 0 Å². The van der Waals surface area contributed by atoms with E-state index < -0.39 is 59.7 Å². The highest BCUT2D eigenvalue weighted by atomic mass is 16.4. The molecular weight excluding hydrogens is 436 g/mol. The van der Waals surface area contributed by atoms with Gasteiger partial charge in [0.2, 0.25) is 29.5 Å². The minimum atomic E-state index is -1.16. The van der Waals surface area contributed by atoms with Gasteiger partial charge in [-0.05, 0) is 38.5 Å². The van der Waals surface area contributed by atoms with Crippen LogP contribution in [0.1, 0.15) is 51.4 Å². The molecule has 184 valence electrons. The Hall–Kier alpha value is -3.22. The van der Waals surface area contributed by atoms with Gasteiger partial charge in [0.05, 0.1) is 6.04 Å². The maximum Gasteiger partial charge on any atom is 0.326 e. The first-order valence-electron chi connectivity index (χ1n) is 11.0. The zero-order chi connectivity index (χ0) is 24.7. The molecule has 0 aliphatic carbocycles. The van der Waals surface area contributed by atoms with Crippen LogP contribution in [0.3, 0.4) is 0 Å². The quantitative estimate of drug-likeness (QED) is 0.216. The van der Waals surface area contributed by atoms with Gasteiger partial charge in [0.25, 0.3) is 0 Å². The summed E-state index contributed by atoms with van der Waals surface area (Å²) < 4.78 is 0. The van der Waals surface area contributed by atoms with Gasteiger partial charge in [0, 0.05) is 25.9 Å². The molecule has 8 N–H and O–H groups in total. The van der Waals surface area contributed by atoms with E-state index in [1.165, 1.54) is 9.80 Å². The predicted molar refractivity (Wildman–Crippen MR) is 114 cm³/mol. The first-order chi connectivity index (χ1) is 15.5. The summed E-state index contributed by atoms with van der Waals surface area (Å²) >= 11 is 0. The molecule has 13 nitrogen and oxygen atoms in total. The lowest BCUT2D eigenvalue weighted by molar-refractivity contribution is -0.152. The van der Waals surface area contributed by atoms with Crippen molar-refractivity contribution < 1.29 is 33.9 Å². The number of carbonyl (C=O) groups is 6. The Balaban J connectivity index is 2.13. The number of hydrogen-bond acceptors (Lipinski definition) is 7. The van der Waals surface area contributed by atoms with Crippen LogP contribution >= 0.6 is 0 Å². The van der Waals surface area contributed by atoms with E-state index in [2.05, 4.69) is 5.32 Å². The number of amides is 5. The number of carbonyl (C=O) groups excluding carboxylic acids is 5. The Morgan fingerprint density at radius 3 is 2.00 bits per heavy atom. The van der Waals surface area contributed by atoms with Gasteiger partial charge in [-0.25, -0.2) is 4.79 Å². The summed E-state index contributed by atoms with van der Waals surface area (Å²) in [5.74, 6) is -4.10. The number of carboxylic acids is 1. The number of nitrogens with zero attached hydrogens (tertiary/aromatic N) is 2. The molecule has 33 heavy (non-hydrogen) atoms. The van der Waals surface area contributed by atoms with Crippen LogP contribution in [0.25, 0.3) is 0 Å².